The molecule has 58 valence electrons. The van der Waals surface area contributed by atoms with Crippen LogP contribution in [0.25, 0.3) is 0 Å². The molecule has 2 aliphatic rings. The van der Waals surface area contributed by atoms with E-state index in [9.17, 15) is 0 Å². The van der Waals surface area contributed by atoms with Crippen LogP contribution in [0.3, 0.4) is 0 Å². The normalized spacial score (nSPS) is 59.7. The molecule has 2 bridgehead atoms. The van der Waals surface area contributed by atoms with Gasteiger partial charge in [-0.05, 0) is 42.4 Å². The second kappa shape index (κ2) is 1.99. The van der Waals surface area contributed by atoms with E-state index in [1.54, 1.807) is 6.42 Å². The molecule has 0 aromatic heterocycles. The van der Waals surface area contributed by atoms with Crippen LogP contribution in [0.15, 0.2) is 0 Å². The average Bonchev–Trinajstić information content (AvgIpc) is 2.36. The summed E-state index contributed by atoms with van der Waals surface area (Å²) in [7, 11) is 0. The molecule has 10 heavy (non-hydrogen) atoms. The van der Waals surface area contributed by atoms with Crippen LogP contribution in [-0.2, 0) is 0 Å². The minimum atomic E-state index is 1.02. The van der Waals surface area contributed by atoms with Gasteiger partial charge in [-0.3, -0.25) is 0 Å². The van der Waals surface area contributed by atoms with Gasteiger partial charge in [0.2, 0.25) is 0 Å². The quantitative estimate of drug-likeness (QED) is 0.483. The molecular weight excluding hydrogens is 120 g/mol. The summed E-state index contributed by atoms with van der Waals surface area (Å²) in [4.78, 5) is 0. The smallest absolute Gasteiger partial charge is 0.0357 e. The maximum Gasteiger partial charge on any atom is -0.0357 e. The molecule has 0 saturated heterocycles. The van der Waals surface area contributed by atoms with Crippen molar-refractivity contribution in [3.8, 4) is 0 Å². The van der Waals surface area contributed by atoms with Crippen LogP contribution in [0.1, 0.15) is 33.6 Å². The predicted molar refractivity (Wildman–Crippen MR) is 43.7 cm³/mol. The Morgan fingerprint density at radius 3 is 2.00 bits per heavy atom. The largest absolute Gasteiger partial charge is 0.0622 e. The summed E-state index contributed by atoms with van der Waals surface area (Å²) in [5, 5.41) is 0. The summed E-state index contributed by atoms with van der Waals surface area (Å²) < 4.78 is 0. The van der Waals surface area contributed by atoms with Crippen molar-refractivity contribution in [1.29, 1.82) is 0 Å². The van der Waals surface area contributed by atoms with Gasteiger partial charge in [-0.15, -0.1) is 0 Å². The summed E-state index contributed by atoms with van der Waals surface area (Å²) in [5.74, 6) is 5.26. The number of rotatable bonds is 0. The Morgan fingerprint density at radius 1 is 0.900 bits per heavy atom. The third-order valence-electron chi connectivity index (χ3n) is 4.23. The summed E-state index contributed by atoms with van der Waals surface area (Å²) >= 11 is 0. The molecule has 2 aliphatic carbocycles. The van der Waals surface area contributed by atoms with E-state index < -0.39 is 0 Å². The molecule has 2 rings (SSSR count). The van der Waals surface area contributed by atoms with Crippen molar-refractivity contribution in [2.75, 3.05) is 0 Å². The zero-order valence-electron chi connectivity index (χ0n) is 7.30. The van der Waals surface area contributed by atoms with Gasteiger partial charge < -0.3 is 0 Å². The van der Waals surface area contributed by atoms with Crippen molar-refractivity contribution < 1.29 is 0 Å². The molecule has 4 unspecified atom stereocenters. The molecule has 0 radical (unpaired) electrons. The first kappa shape index (κ1) is 6.69. The standard InChI is InChI=1S/C10H18/c1-6-4-9-5-10(6)8(3)7(9)2/h6-10H,4-5H2,1-3H3/t6-,7?,8?,9?,10?/m0/s1. The Kier molecular flexibility index (Phi) is 1.33. The number of hydrogen-bond acceptors (Lipinski definition) is 0. The third kappa shape index (κ3) is 0.681. The first-order valence-electron chi connectivity index (χ1n) is 4.70. The Labute approximate surface area is 64.0 Å². The van der Waals surface area contributed by atoms with Crippen molar-refractivity contribution in [3.63, 3.8) is 0 Å². The van der Waals surface area contributed by atoms with Crippen molar-refractivity contribution in [2.45, 2.75) is 33.6 Å². The second-order valence-electron chi connectivity index (χ2n) is 4.59. The fourth-order valence-electron chi connectivity index (χ4n) is 3.31. The number of hydrogen-bond donors (Lipinski definition) is 0. The Balaban J connectivity index is 2.16. The van der Waals surface area contributed by atoms with Crippen LogP contribution in [0, 0.1) is 29.6 Å². The first-order chi connectivity index (χ1) is 4.70. The molecule has 0 amide bonds. The molecule has 0 spiro atoms. The van der Waals surface area contributed by atoms with Gasteiger partial charge in [0.1, 0.15) is 0 Å². The molecule has 0 N–H and O–H groups in total. The van der Waals surface area contributed by atoms with Gasteiger partial charge in [-0.25, -0.2) is 0 Å². The highest BCUT2D eigenvalue weighted by atomic mass is 14.5. The molecule has 0 aromatic carbocycles. The SMILES string of the molecule is CC1C2CC(C1C)[C@@H](C)C2. The van der Waals surface area contributed by atoms with Gasteiger partial charge in [0.25, 0.3) is 0 Å². The van der Waals surface area contributed by atoms with Gasteiger partial charge in [0, 0.05) is 0 Å². The van der Waals surface area contributed by atoms with E-state index >= 15 is 0 Å². The second-order valence-corrected chi connectivity index (χ2v) is 4.59. The van der Waals surface area contributed by atoms with E-state index in [1.807, 2.05) is 0 Å². The van der Waals surface area contributed by atoms with Gasteiger partial charge in [-0.1, -0.05) is 20.8 Å². The van der Waals surface area contributed by atoms with Crippen molar-refractivity contribution >= 4 is 0 Å². The minimum Gasteiger partial charge on any atom is -0.0622 e. The number of fused-ring (bicyclic) bond motifs is 2. The fourth-order valence-corrected chi connectivity index (χ4v) is 3.31. The maximum atomic E-state index is 2.45. The van der Waals surface area contributed by atoms with E-state index in [4.69, 9.17) is 0 Å². The van der Waals surface area contributed by atoms with Crippen LogP contribution in [0.2, 0.25) is 0 Å². The molecule has 0 aromatic rings. The Morgan fingerprint density at radius 2 is 1.60 bits per heavy atom. The van der Waals surface area contributed by atoms with E-state index in [0.29, 0.717) is 0 Å². The molecule has 2 fully saturated rings. The summed E-state index contributed by atoms with van der Waals surface area (Å²) in [5.41, 5.74) is 0. The average molecular weight is 138 g/mol. The van der Waals surface area contributed by atoms with E-state index in [1.165, 1.54) is 6.42 Å². The van der Waals surface area contributed by atoms with Gasteiger partial charge in [0.05, 0.1) is 0 Å². The monoisotopic (exact) mass is 138 g/mol. The first-order valence-corrected chi connectivity index (χ1v) is 4.70. The molecule has 0 aliphatic heterocycles. The lowest BCUT2D eigenvalue weighted by atomic mass is 9.77. The fraction of sp³-hybridized carbons (Fsp3) is 1.00. The lowest BCUT2D eigenvalue weighted by Crippen LogP contribution is -2.22. The van der Waals surface area contributed by atoms with E-state index in [-0.39, 0.29) is 0 Å². The van der Waals surface area contributed by atoms with Crippen LogP contribution >= 0.6 is 0 Å². The Bertz CT molecular complexity index is 137. The summed E-state index contributed by atoms with van der Waals surface area (Å²) in [6.07, 6.45) is 3.07. The zero-order valence-corrected chi connectivity index (χ0v) is 7.30. The van der Waals surface area contributed by atoms with E-state index in [0.717, 1.165) is 29.6 Å². The molecule has 0 heterocycles. The molecule has 0 heteroatoms. The maximum absolute atomic E-state index is 2.45. The zero-order chi connectivity index (χ0) is 7.30. The third-order valence-corrected chi connectivity index (χ3v) is 4.23. The molecule has 5 atom stereocenters. The predicted octanol–water partition coefficient (Wildman–Crippen LogP) is 2.93. The van der Waals surface area contributed by atoms with Gasteiger partial charge >= 0.3 is 0 Å². The summed E-state index contributed by atoms with van der Waals surface area (Å²) in [6.45, 7) is 7.33. The molecule has 2 saturated carbocycles. The Hall–Kier alpha value is 0. The highest BCUT2D eigenvalue weighted by Gasteiger charge is 2.46. The van der Waals surface area contributed by atoms with E-state index in [2.05, 4.69) is 20.8 Å². The molecular formula is C10H18. The van der Waals surface area contributed by atoms with Crippen molar-refractivity contribution in [2.24, 2.45) is 29.6 Å². The lowest BCUT2D eigenvalue weighted by molar-refractivity contribution is 0.201. The van der Waals surface area contributed by atoms with Gasteiger partial charge in [0.15, 0.2) is 0 Å². The van der Waals surface area contributed by atoms with Crippen LogP contribution in [-0.4, -0.2) is 0 Å². The highest BCUT2D eigenvalue weighted by Crippen LogP contribution is 2.54. The van der Waals surface area contributed by atoms with Crippen LogP contribution in [0.4, 0.5) is 0 Å². The minimum absolute atomic E-state index is 1.02. The molecule has 0 nitrogen and oxygen atoms in total. The highest BCUT2D eigenvalue weighted by molar-refractivity contribution is 4.95. The summed E-state index contributed by atoms with van der Waals surface area (Å²) in [6, 6.07) is 0. The van der Waals surface area contributed by atoms with Crippen molar-refractivity contribution in [3.05, 3.63) is 0 Å². The van der Waals surface area contributed by atoms with Gasteiger partial charge in [-0.2, -0.15) is 0 Å². The van der Waals surface area contributed by atoms with Crippen LogP contribution < -0.4 is 0 Å². The topological polar surface area (TPSA) is 0 Å². The lowest BCUT2D eigenvalue weighted by Gasteiger charge is -2.29. The van der Waals surface area contributed by atoms with Crippen molar-refractivity contribution in [1.82, 2.24) is 0 Å². The van der Waals surface area contributed by atoms with Crippen LogP contribution in [0.5, 0.6) is 0 Å².